The van der Waals surface area contributed by atoms with Crippen molar-refractivity contribution in [2.45, 2.75) is 0 Å². The van der Waals surface area contributed by atoms with Gasteiger partial charge in [-0.15, -0.1) is 0 Å². The molecule has 0 saturated carbocycles. The first kappa shape index (κ1) is 10.9. The van der Waals surface area contributed by atoms with Gasteiger partial charge in [0.1, 0.15) is 0 Å². The van der Waals surface area contributed by atoms with E-state index in [2.05, 4.69) is 0 Å². The zero-order chi connectivity index (χ0) is 9.28. The van der Waals surface area contributed by atoms with Crippen LogP contribution in [0.25, 0.3) is 0 Å². The molecule has 0 unspecified atom stereocenters. The molecule has 68 valence electrons. The summed E-state index contributed by atoms with van der Waals surface area (Å²) < 4.78 is 57.5. The van der Waals surface area contributed by atoms with Gasteiger partial charge in [0.2, 0.25) is 0 Å². The van der Waals surface area contributed by atoms with E-state index in [4.69, 9.17) is 0 Å². The number of hydrogen-bond acceptors (Lipinski definition) is 2. The van der Waals surface area contributed by atoms with Gasteiger partial charge in [-0.05, 0) is 14.1 Å². The smallest absolute Gasteiger partial charge is 0.224 e. The molecule has 11 heavy (non-hydrogen) atoms. The minimum Gasteiger partial charge on any atom is -0.224 e. The third kappa shape index (κ3) is 4.39. The Labute approximate surface area is 62.7 Å². The molecule has 0 aliphatic heterocycles. The van der Waals surface area contributed by atoms with E-state index in [1.54, 1.807) is 4.15 Å². The summed E-state index contributed by atoms with van der Waals surface area (Å²) >= 11 is 0. The summed E-state index contributed by atoms with van der Waals surface area (Å²) in [6.45, 7) is 0. The predicted octanol–water partition coefficient (Wildman–Crippen LogP) is 1.65. The van der Waals surface area contributed by atoms with E-state index in [0.717, 1.165) is 14.1 Å². The van der Waals surface area contributed by atoms with Crippen molar-refractivity contribution in [3.63, 3.8) is 0 Å². The largest absolute Gasteiger partial charge is 0.422 e. The van der Waals surface area contributed by atoms with Crippen molar-refractivity contribution in [1.29, 1.82) is 0 Å². The van der Waals surface area contributed by atoms with Gasteiger partial charge in [0.25, 0.3) is 0 Å². The standard InChI is InChI=1S/C2H6F3N2O2PS/c1-7(2)10(3,4)6-11(5,8)9/h1-2H3. The van der Waals surface area contributed by atoms with E-state index in [-0.39, 0.29) is 4.67 Å². The van der Waals surface area contributed by atoms with Crippen LogP contribution in [0.1, 0.15) is 0 Å². The summed E-state index contributed by atoms with van der Waals surface area (Å²) in [6, 6.07) is 0. The zero-order valence-electron chi connectivity index (χ0n) is 5.70. The van der Waals surface area contributed by atoms with Crippen LogP contribution in [-0.4, -0.2) is 27.2 Å². The SMILES string of the molecule is CN(C)P(F)(F)=NS(=O)(=O)F. The lowest BCUT2D eigenvalue weighted by atomic mass is 11.3. The van der Waals surface area contributed by atoms with Gasteiger partial charge in [0.15, 0.2) is 0 Å². The molecule has 0 aromatic carbocycles. The van der Waals surface area contributed by atoms with Crippen LogP contribution in [0.5, 0.6) is 0 Å². The Bertz CT molecular complexity index is 280. The van der Waals surface area contributed by atoms with Crippen LogP contribution in [0.3, 0.4) is 0 Å². The summed E-state index contributed by atoms with van der Waals surface area (Å²) in [6.07, 6.45) is 0. The lowest BCUT2D eigenvalue weighted by Gasteiger charge is -2.10. The first-order valence-electron chi connectivity index (χ1n) is 2.30. The van der Waals surface area contributed by atoms with E-state index in [1.807, 2.05) is 0 Å². The van der Waals surface area contributed by atoms with E-state index >= 15 is 0 Å². The molecule has 0 aromatic rings. The average molecular weight is 210 g/mol. The summed E-state index contributed by atoms with van der Waals surface area (Å²) in [5, 5.41) is 0. The van der Waals surface area contributed by atoms with Gasteiger partial charge in [0.05, 0.1) is 0 Å². The summed E-state index contributed by atoms with van der Waals surface area (Å²) in [5.74, 6) is 0. The Morgan fingerprint density at radius 1 is 1.36 bits per heavy atom. The van der Waals surface area contributed by atoms with Crippen LogP contribution >= 0.6 is 7.83 Å². The van der Waals surface area contributed by atoms with Crippen LogP contribution in [-0.2, 0) is 10.4 Å². The van der Waals surface area contributed by atoms with Crippen molar-refractivity contribution in [2.24, 2.45) is 4.15 Å². The Morgan fingerprint density at radius 3 is 1.82 bits per heavy atom. The van der Waals surface area contributed by atoms with E-state index in [1.165, 1.54) is 0 Å². The predicted molar refractivity (Wildman–Crippen MR) is 35.3 cm³/mol. The van der Waals surface area contributed by atoms with Crippen molar-refractivity contribution in [3.05, 3.63) is 0 Å². The molecule has 9 heteroatoms. The highest BCUT2D eigenvalue weighted by Gasteiger charge is 2.25. The Balaban J connectivity index is 4.99. The van der Waals surface area contributed by atoms with Gasteiger partial charge in [-0.25, -0.2) is 4.67 Å². The molecule has 0 spiro atoms. The fourth-order valence-electron chi connectivity index (χ4n) is 0.190. The van der Waals surface area contributed by atoms with Crippen LogP contribution in [0.4, 0.5) is 12.3 Å². The van der Waals surface area contributed by atoms with Gasteiger partial charge >= 0.3 is 18.2 Å². The van der Waals surface area contributed by atoms with Gasteiger partial charge in [-0.1, -0.05) is 8.04 Å². The number of halogens is 3. The van der Waals surface area contributed by atoms with Crippen LogP contribution < -0.4 is 0 Å². The Kier molecular flexibility index (Phi) is 3.10. The van der Waals surface area contributed by atoms with Crippen LogP contribution in [0.2, 0.25) is 0 Å². The maximum Gasteiger partial charge on any atom is 0.422 e. The second-order valence-electron chi connectivity index (χ2n) is 1.80. The monoisotopic (exact) mass is 210 g/mol. The van der Waals surface area contributed by atoms with Gasteiger partial charge in [-0.3, -0.25) is 0 Å². The third-order valence-electron chi connectivity index (χ3n) is 0.677. The van der Waals surface area contributed by atoms with Crippen LogP contribution in [0.15, 0.2) is 4.15 Å². The highest BCUT2D eigenvalue weighted by atomic mass is 32.3. The molecule has 0 amide bonds. The zero-order valence-corrected chi connectivity index (χ0v) is 7.41. The summed E-state index contributed by atoms with van der Waals surface area (Å²) in [5.41, 5.74) is 0. The molecular formula is C2H6F3N2O2PS. The first-order valence-corrected chi connectivity index (χ1v) is 5.12. The van der Waals surface area contributed by atoms with Gasteiger partial charge in [0, 0.05) is 0 Å². The molecule has 0 aliphatic rings. The first-order chi connectivity index (χ1) is 4.65. The number of hydrogen-bond donors (Lipinski definition) is 0. The third-order valence-corrected chi connectivity index (χ3v) is 3.21. The molecule has 0 N–H and O–H groups in total. The van der Waals surface area contributed by atoms with Crippen molar-refractivity contribution >= 4 is 18.2 Å². The average Bonchev–Trinajstić information content (AvgIpc) is 1.56. The molecule has 0 atom stereocenters. The Hall–Kier alpha value is -0.0700. The molecule has 4 nitrogen and oxygen atoms in total. The molecule has 0 bridgehead atoms. The molecule has 0 aliphatic carbocycles. The van der Waals surface area contributed by atoms with Crippen molar-refractivity contribution in [2.75, 3.05) is 14.1 Å². The van der Waals surface area contributed by atoms with Gasteiger partial charge < -0.3 is 0 Å². The van der Waals surface area contributed by atoms with E-state index in [0.29, 0.717) is 0 Å². The summed E-state index contributed by atoms with van der Waals surface area (Å²) in [4.78, 5) is 0. The minimum absolute atomic E-state index is 0.282. The fourth-order valence-corrected chi connectivity index (χ4v) is 1.71. The highest BCUT2D eigenvalue weighted by molar-refractivity contribution is 7.88. The fraction of sp³-hybridized carbons (Fsp3) is 1.00. The van der Waals surface area contributed by atoms with Crippen molar-refractivity contribution < 1.29 is 20.7 Å². The quantitative estimate of drug-likeness (QED) is 0.514. The normalized spacial score (nSPS) is 13.6. The lowest BCUT2D eigenvalue weighted by molar-refractivity contribution is 0.531. The second-order valence-corrected chi connectivity index (χ2v) is 4.99. The molecule has 0 saturated heterocycles. The maximum atomic E-state index is 12.3. The topological polar surface area (TPSA) is 49.7 Å². The van der Waals surface area contributed by atoms with E-state index in [9.17, 15) is 20.7 Å². The maximum absolute atomic E-state index is 12.3. The highest BCUT2D eigenvalue weighted by Crippen LogP contribution is 2.55. The Morgan fingerprint density at radius 2 is 1.73 bits per heavy atom. The van der Waals surface area contributed by atoms with Crippen molar-refractivity contribution in [1.82, 2.24) is 4.67 Å². The lowest BCUT2D eigenvalue weighted by Crippen LogP contribution is -2.02. The molecule has 0 fully saturated rings. The van der Waals surface area contributed by atoms with Gasteiger partial charge in [-0.2, -0.15) is 16.8 Å². The van der Waals surface area contributed by atoms with Crippen molar-refractivity contribution in [3.8, 4) is 0 Å². The molecule has 0 aromatic heterocycles. The number of nitrogens with zero attached hydrogens (tertiary/aromatic N) is 2. The molecule has 0 rings (SSSR count). The minimum atomic E-state index is -5.44. The van der Waals surface area contributed by atoms with Crippen LogP contribution in [0, 0.1) is 0 Å². The molecule has 0 heterocycles. The summed E-state index contributed by atoms with van der Waals surface area (Å²) in [7, 11) is -8.75. The number of rotatable bonds is 2. The van der Waals surface area contributed by atoms with E-state index < -0.39 is 18.2 Å². The molecular weight excluding hydrogens is 204 g/mol. The molecule has 0 radical (unpaired) electrons. The second kappa shape index (κ2) is 3.12.